The summed E-state index contributed by atoms with van der Waals surface area (Å²) < 4.78 is 0. The molecule has 0 aliphatic rings. The Morgan fingerprint density at radius 3 is 2.75 bits per heavy atom. The maximum atomic E-state index is 11.2. The van der Waals surface area contributed by atoms with E-state index < -0.39 is 0 Å². The zero-order valence-electron chi connectivity index (χ0n) is 10.6. The summed E-state index contributed by atoms with van der Waals surface area (Å²) in [5, 5.41) is 9.11. The van der Waals surface area contributed by atoms with Gasteiger partial charge in [0.15, 0.2) is 5.16 Å². The van der Waals surface area contributed by atoms with Crippen molar-refractivity contribution < 1.29 is 5.11 Å². The molecule has 0 aliphatic carbocycles. The highest BCUT2D eigenvalue weighted by Crippen LogP contribution is 2.18. The molecule has 1 aromatic carbocycles. The third-order valence-corrected chi connectivity index (χ3v) is 3.33. The lowest BCUT2D eigenvalue weighted by molar-refractivity contribution is 0.350. The fourth-order valence-electron chi connectivity index (χ4n) is 1.50. The van der Waals surface area contributed by atoms with E-state index in [1.807, 2.05) is 24.3 Å². The van der Waals surface area contributed by atoms with Crippen LogP contribution in [0.3, 0.4) is 0 Å². The second kappa shape index (κ2) is 6.80. The molecule has 0 radical (unpaired) electrons. The molecule has 0 aliphatic heterocycles. The summed E-state index contributed by atoms with van der Waals surface area (Å²) in [6.07, 6.45) is 0. The number of rotatable bonds is 3. The topological polar surface area (TPSA) is 92.0 Å². The minimum atomic E-state index is -0.255. The van der Waals surface area contributed by atoms with Crippen LogP contribution in [-0.4, -0.2) is 21.7 Å². The highest BCUT2D eigenvalue weighted by Gasteiger charge is 2.01. The van der Waals surface area contributed by atoms with Crippen LogP contribution in [0.4, 0.5) is 5.82 Å². The van der Waals surface area contributed by atoms with Gasteiger partial charge in [-0.15, -0.1) is 0 Å². The average Bonchev–Trinajstić information content (AvgIpc) is 2.43. The molecule has 102 valence electrons. The molecule has 6 heteroatoms. The second-order valence-corrected chi connectivity index (χ2v) is 4.88. The number of nitrogens with two attached hydrogens (primary N) is 1. The number of nitrogen functional groups attached to an aromatic ring is 1. The number of aromatic nitrogens is 2. The van der Waals surface area contributed by atoms with Gasteiger partial charge in [0.25, 0.3) is 5.56 Å². The first-order valence-electron chi connectivity index (χ1n) is 5.85. The number of nitrogens with one attached hydrogen (secondary N) is 1. The van der Waals surface area contributed by atoms with Gasteiger partial charge in [-0.25, -0.2) is 4.98 Å². The normalized spacial score (nSPS) is 9.85. The van der Waals surface area contributed by atoms with Crippen LogP contribution in [0.2, 0.25) is 0 Å². The summed E-state index contributed by atoms with van der Waals surface area (Å²) in [7, 11) is 0. The van der Waals surface area contributed by atoms with Gasteiger partial charge in [0.05, 0.1) is 0 Å². The van der Waals surface area contributed by atoms with E-state index in [1.54, 1.807) is 0 Å². The van der Waals surface area contributed by atoms with Gasteiger partial charge in [-0.2, -0.15) is 0 Å². The van der Waals surface area contributed by atoms with E-state index in [-0.39, 0.29) is 18.0 Å². The number of hydrogen-bond acceptors (Lipinski definition) is 5. The van der Waals surface area contributed by atoms with Crippen molar-refractivity contribution in [3.8, 4) is 11.8 Å². The maximum Gasteiger partial charge on any atom is 0.253 e. The smallest absolute Gasteiger partial charge is 0.253 e. The molecule has 2 aromatic rings. The monoisotopic (exact) mass is 287 g/mol. The van der Waals surface area contributed by atoms with Gasteiger partial charge in [-0.1, -0.05) is 35.7 Å². The zero-order chi connectivity index (χ0) is 14.4. The fraction of sp³-hybridized carbons (Fsp3) is 0.143. The van der Waals surface area contributed by atoms with Crippen molar-refractivity contribution in [2.24, 2.45) is 0 Å². The molecule has 0 spiro atoms. The van der Waals surface area contributed by atoms with Crippen molar-refractivity contribution in [3.63, 3.8) is 0 Å². The Balaban J connectivity index is 2.02. The van der Waals surface area contributed by atoms with E-state index in [9.17, 15) is 4.79 Å². The molecule has 0 amide bonds. The molecule has 20 heavy (non-hydrogen) atoms. The van der Waals surface area contributed by atoms with Crippen LogP contribution in [0.5, 0.6) is 0 Å². The Bertz CT molecular complexity index is 699. The quantitative estimate of drug-likeness (QED) is 0.445. The molecular weight excluding hydrogens is 274 g/mol. The number of aromatic amines is 1. The third kappa shape index (κ3) is 4.16. The largest absolute Gasteiger partial charge is 0.384 e. The number of hydrogen-bond donors (Lipinski definition) is 3. The van der Waals surface area contributed by atoms with Crippen LogP contribution in [0.1, 0.15) is 11.1 Å². The number of anilines is 1. The molecule has 1 aromatic heterocycles. The first-order valence-corrected chi connectivity index (χ1v) is 6.84. The molecule has 5 nitrogen and oxygen atoms in total. The van der Waals surface area contributed by atoms with E-state index in [0.717, 1.165) is 11.1 Å². The Kier molecular flexibility index (Phi) is 4.82. The van der Waals surface area contributed by atoms with Crippen molar-refractivity contribution in [2.75, 3.05) is 12.3 Å². The molecule has 1 heterocycles. The van der Waals surface area contributed by atoms with Crippen LogP contribution in [0, 0.1) is 11.8 Å². The number of nitrogens with zero attached hydrogens (tertiary/aromatic N) is 1. The summed E-state index contributed by atoms with van der Waals surface area (Å²) in [5.41, 5.74) is 7.19. The molecule has 0 bridgehead atoms. The lowest BCUT2D eigenvalue weighted by atomic mass is 10.1. The van der Waals surface area contributed by atoms with Gasteiger partial charge in [0, 0.05) is 17.4 Å². The number of H-pyrrole nitrogens is 1. The number of benzene rings is 1. The predicted octanol–water partition coefficient (Wildman–Crippen LogP) is 0.988. The Morgan fingerprint density at radius 2 is 2.10 bits per heavy atom. The standard InChI is InChI=1S/C14H13N3O2S/c15-12-8-13(19)17-14(16-12)20-9-11-5-3-10(4-6-11)2-1-7-18/h3-6,8,18H,7,9H2,(H3,15,16,17,19). The molecule has 0 saturated carbocycles. The molecule has 0 unspecified atom stereocenters. The van der Waals surface area contributed by atoms with Crippen molar-refractivity contribution in [1.82, 2.24) is 9.97 Å². The third-order valence-electron chi connectivity index (χ3n) is 2.38. The summed E-state index contributed by atoms with van der Waals surface area (Å²) in [6, 6.07) is 8.90. The summed E-state index contributed by atoms with van der Waals surface area (Å²) in [4.78, 5) is 17.9. The van der Waals surface area contributed by atoms with Gasteiger partial charge < -0.3 is 15.8 Å². The molecular formula is C14H13N3O2S. The molecule has 0 saturated heterocycles. The van der Waals surface area contributed by atoms with Crippen LogP contribution < -0.4 is 11.3 Å². The fourth-order valence-corrected chi connectivity index (χ4v) is 2.34. The highest BCUT2D eigenvalue weighted by atomic mass is 32.2. The van der Waals surface area contributed by atoms with Crippen molar-refractivity contribution in [2.45, 2.75) is 10.9 Å². The van der Waals surface area contributed by atoms with Crippen LogP contribution in [0.25, 0.3) is 0 Å². The van der Waals surface area contributed by atoms with Crippen molar-refractivity contribution >= 4 is 17.6 Å². The zero-order valence-corrected chi connectivity index (χ0v) is 11.4. The SMILES string of the molecule is Nc1cc(=O)[nH]c(SCc2ccc(C#CCO)cc2)n1. The van der Waals surface area contributed by atoms with E-state index in [4.69, 9.17) is 10.8 Å². The molecule has 2 rings (SSSR count). The number of aliphatic hydroxyl groups is 1. The first kappa shape index (κ1) is 14.2. The average molecular weight is 287 g/mol. The Hall–Kier alpha value is -2.23. The minimum Gasteiger partial charge on any atom is -0.384 e. The van der Waals surface area contributed by atoms with E-state index in [0.29, 0.717) is 10.9 Å². The van der Waals surface area contributed by atoms with Gasteiger partial charge in [-0.3, -0.25) is 4.79 Å². The first-order chi connectivity index (χ1) is 9.67. The summed E-state index contributed by atoms with van der Waals surface area (Å²) in [6.45, 7) is -0.147. The number of thioether (sulfide) groups is 1. The minimum absolute atomic E-state index is 0.147. The van der Waals surface area contributed by atoms with Crippen molar-refractivity contribution in [3.05, 3.63) is 51.8 Å². The van der Waals surface area contributed by atoms with Crippen LogP contribution in [0.15, 0.2) is 40.3 Å². The lowest BCUT2D eigenvalue weighted by Crippen LogP contribution is -2.09. The van der Waals surface area contributed by atoms with Gasteiger partial charge >= 0.3 is 0 Å². The molecule has 0 fully saturated rings. The lowest BCUT2D eigenvalue weighted by Gasteiger charge is -2.02. The van der Waals surface area contributed by atoms with E-state index in [2.05, 4.69) is 21.8 Å². The van der Waals surface area contributed by atoms with Crippen LogP contribution >= 0.6 is 11.8 Å². The summed E-state index contributed by atoms with van der Waals surface area (Å²) in [5.74, 6) is 6.30. The van der Waals surface area contributed by atoms with E-state index in [1.165, 1.54) is 17.8 Å². The van der Waals surface area contributed by atoms with Crippen molar-refractivity contribution in [1.29, 1.82) is 0 Å². The maximum absolute atomic E-state index is 11.2. The van der Waals surface area contributed by atoms with Gasteiger partial charge in [-0.05, 0) is 17.7 Å². The Labute approximate surface area is 120 Å². The van der Waals surface area contributed by atoms with E-state index >= 15 is 0 Å². The molecule has 0 atom stereocenters. The van der Waals surface area contributed by atoms with Gasteiger partial charge in [0.1, 0.15) is 12.4 Å². The predicted molar refractivity (Wildman–Crippen MR) is 79.2 cm³/mol. The van der Waals surface area contributed by atoms with Gasteiger partial charge in [0.2, 0.25) is 0 Å². The number of aliphatic hydroxyl groups excluding tert-OH is 1. The highest BCUT2D eigenvalue weighted by molar-refractivity contribution is 7.98. The second-order valence-electron chi connectivity index (χ2n) is 3.92. The summed E-state index contributed by atoms with van der Waals surface area (Å²) >= 11 is 1.40. The van der Waals surface area contributed by atoms with Crippen LogP contribution in [-0.2, 0) is 5.75 Å². The Morgan fingerprint density at radius 1 is 1.35 bits per heavy atom. The molecule has 4 N–H and O–H groups in total.